The quantitative estimate of drug-likeness (QED) is 0.415. The topological polar surface area (TPSA) is 81.6 Å². The van der Waals surface area contributed by atoms with E-state index in [0.29, 0.717) is 13.0 Å². The third-order valence-electron chi connectivity index (χ3n) is 1.09. The van der Waals surface area contributed by atoms with Crippen molar-refractivity contribution in [3.05, 3.63) is 0 Å². The van der Waals surface area contributed by atoms with E-state index < -0.39 is 0 Å². The van der Waals surface area contributed by atoms with Crippen molar-refractivity contribution in [2.24, 2.45) is 0 Å². The lowest BCUT2D eigenvalue weighted by Crippen LogP contribution is -2.73. The van der Waals surface area contributed by atoms with Gasteiger partial charge in [0.05, 0.1) is 7.11 Å². The van der Waals surface area contributed by atoms with Crippen molar-refractivity contribution in [2.75, 3.05) is 13.7 Å². The molecule has 4 nitrogen and oxygen atoms in total. The Balaban J connectivity index is 3.34. The Morgan fingerprint density at radius 2 is 2.33 bits per heavy atom. The van der Waals surface area contributed by atoms with E-state index in [4.69, 9.17) is 0 Å². The van der Waals surface area contributed by atoms with Crippen LogP contribution in [0.15, 0.2) is 0 Å². The zero-order valence-electron chi connectivity index (χ0n) is 5.72. The van der Waals surface area contributed by atoms with E-state index in [2.05, 4.69) is 16.2 Å². The molecule has 54 valence electrons. The van der Waals surface area contributed by atoms with Crippen LogP contribution in [0.25, 0.3) is 0 Å². The number of esters is 1. The third-order valence-corrected chi connectivity index (χ3v) is 1.09. The molecule has 0 bridgehead atoms. The van der Waals surface area contributed by atoms with Gasteiger partial charge in [0.15, 0.2) is 0 Å². The Kier molecular flexibility index (Phi) is 4.00. The van der Waals surface area contributed by atoms with Gasteiger partial charge in [-0.15, -0.1) is 0 Å². The molecule has 4 heteroatoms. The molecule has 0 saturated heterocycles. The van der Waals surface area contributed by atoms with Crippen molar-refractivity contribution in [3.63, 3.8) is 0 Å². The van der Waals surface area contributed by atoms with Gasteiger partial charge in [-0.3, -0.25) is 4.79 Å². The smallest absolute Gasteiger partial charge is 0.311 e. The van der Waals surface area contributed by atoms with Crippen molar-refractivity contribution >= 4 is 5.97 Å². The summed E-state index contributed by atoms with van der Waals surface area (Å²) in [6.45, 7) is 0.676. The Bertz CT molecular complexity index is 95.0. The molecule has 0 fully saturated rings. The van der Waals surface area contributed by atoms with Crippen LogP contribution in [0.2, 0.25) is 0 Å². The summed E-state index contributed by atoms with van der Waals surface area (Å²) in [4.78, 5) is 10.5. The number of hydrogen-bond acceptors (Lipinski definition) is 2. The molecular weight excluding hydrogens is 120 g/mol. The highest BCUT2D eigenvalue weighted by Gasteiger charge is 2.11. The van der Waals surface area contributed by atoms with Crippen molar-refractivity contribution in [3.8, 4) is 0 Å². The second-order valence-electron chi connectivity index (χ2n) is 1.93. The van der Waals surface area contributed by atoms with Gasteiger partial charge in [-0.1, -0.05) is 0 Å². The van der Waals surface area contributed by atoms with Crippen LogP contribution < -0.4 is 11.5 Å². The van der Waals surface area contributed by atoms with Crippen LogP contribution in [0.3, 0.4) is 0 Å². The van der Waals surface area contributed by atoms with Gasteiger partial charge in [-0.05, 0) is 0 Å². The van der Waals surface area contributed by atoms with Crippen LogP contribution in [0.4, 0.5) is 0 Å². The van der Waals surface area contributed by atoms with E-state index in [0.717, 1.165) is 0 Å². The van der Waals surface area contributed by atoms with E-state index in [1.165, 1.54) is 7.11 Å². The van der Waals surface area contributed by atoms with Gasteiger partial charge in [-0.25, -0.2) is 0 Å². The molecule has 0 rings (SSSR count). The fourth-order valence-corrected chi connectivity index (χ4v) is 0.421. The second kappa shape index (κ2) is 4.29. The van der Waals surface area contributed by atoms with Crippen LogP contribution in [0.5, 0.6) is 0 Å². The number of ether oxygens (including phenoxy) is 1. The molecule has 9 heavy (non-hydrogen) atoms. The summed E-state index contributed by atoms with van der Waals surface area (Å²) < 4.78 is 4.42. The molecule has 0 aliphatic carbocycles. The number of carbonyl (C=O) groups is 1. The summed E-state index contributed by atoms with van der Waals surface area (Å²) in [5, 5.41) is 0. The molecular formula is C5H14N2O2+2. The summed E-state index contributed by atoms with van der Waals surface area (Å²) >= 11 is 0. The first-order chi connectivity index (χ1) is 4.20. The highest BCUT2D eigenvalue weighted by molar-refractivity contribution is 5.69. The number of quaternary nitrogens is 2. The predicted molar refractivity (Wildman–Crippen MR) is 31.1 cm³/mol. The molecule has 0 aromatic carbocycles. The van der Waals surface area contributed by atoms with Gasteiger partial charge >= 0.3 is 5.97 Å². The number of carbonyl (C=O) groups excluding carboxylic acids is 1. The lowest BCUT2D eigenvalue weighted by molar-refractivity contribution is -0.492. The molecule has 0 aromatic rings. The molecule has 1 atom stereocenters. The largest absolute Gasteiger partial charge is 0.469 e. The van der Waals surface area contributed by atoms with E-state index in [1.807, 2.05) is 0 Å². The van der Waals surface area contributed by atoms with Crippen molar-refractivity contribution < 1.29 is 21.0 Å². The average molecular weight is 134 g/mol. The minimum absolute atomic E-state index is 0.0949. The third kappa shape index (κ3) is 3.93. The molecule has 6 N–H and O–H groups in total. The summed E-state index contributed by atoms with van der Waals surface area (Å²) in [5.41, 5.74) is 7.28. The first kappa shape index (κ1) is 8.39. The van der Waals surface area contributed by atoms with E-state index in [9.17, 15) is 4.79 Å². The van der Waals surface area contributed by atoms with Gasteiger partial charge in [-0.2, -0.15) is 0 Å². The molecule has 0 aliphatic heterocycles. The standard InChI is InChI=1S/C5H12N2O2/c1-9-5(8)2-4(7)3-6/h4H,2-3,6-7H2,1H3/p+2. The average Bonchev–Trinajstić information content (AvgIpc) is 1.87. The lowest BCUT2D eigenvalue weighted by Gasteiger charge is -1.99. The Morgan fingerprint density at radius 3 is 2.67 bits per heavy atom. The SMILES string of the molecule is COC(=O)CC([NH3+])C[NH3+]. The van der Waals surface area contributed by atoms with Crippen molar-refractivity contribution in [1.29, 1.82) is 0 Å². The van der Waals surface area contributed by atoms with E-state index in [1.54, 1.807) is 0 Å². The van der Waals surface area contributed by atoms with Gasteiger partial charge in [0, 0.05) is 0 Å². The first-order valence-electron chi connectivity index (χ1n) is 2.89. The summed E-state index contributed by atoms with van der Waals surface area (Å²) in [5.74, 6) is -0.210. The van der Waals surface area contributed by atoms with Crippen LogP contribution >= 0.6 is 0 Å². The molecule has 0 radical (unpaired) electrons. The maximum absolute atomic E-state index is 10.5. The minimum Gasteiger partial charge on any atom is -0.469 e. The fraction of sp³-hybridized carbons (Fsp3) is 0.800. The van der Waals surface area contributed by atoms with E-state index >= 15 is 0 Å². The van der Waals surface area contributed by atoms with Crippen molar-refractivity contribution in [2.45, 2.75) is 12.5 Å². The van der Waals surface area contributed by atoms with Crippen LogP contribution in [-0.2, 0) is 9.53 Å². The number of rotatable bonds is 3. The Morgan fingerprint density at radius 1 is 1.78 bits per heavy atom. The highest BCUT2D eigenvalue weighted by atomic mass is 16.5. The Labute approximate surface area is 54.2 Å². The second-order valence-corrected chi connectivity index (χ2v) is 1.93. The van der Waals surface area contributed by atoms with Crippen LogP contribution in [-0.4, -0.2) is 25.7 Å². The molecule has 0 amide bonds. The molecule has 0 saturated carbocycles. The zero-order chi connectivity index (χ0) is 7.28. The van der Waals surface area contributed by atoms with Gasteiger partial charge in [0.2, 0.25) is 0 Å². The maximum atomic E-state index is 10.5. The van der Waals surface area contributed by atoms with E-state index in [-0.39, 0.29) is 12.0 Å². The predicted octanol–water partition coefficient (Wildman–Crippen LogP) is -2.60. The molecule has 0 aromatic heterocycles. The molecule has 0 heterocycles. The van der Waals surface area contributed by atoms with Gasteiger partial charge in [0.25, 0.3) is 0 Å². The zero-order valence-corrected chi connectivity index (χ0v) is 5.72. The van der Waals surface area contributed by atoms with Gasteiger partial charge < -0.3 is 16.2 Å². The molecule has 1 unspecified atom stereocenters. The molecule has 0 aliphatic rings. The summed E-state index contributed by atoms with van der Waals surface area (Å²) in [6.07, 6.45) is 0.375. The van der Waals surface area contributed by atoms with Crippen LogP contribution in [0.1, 0.15) is 6.42 Å². The molecule has 0 spiro atoms. The monoisotopic (exact) mass is 134 g/mol. The van der Waals surface area contributed by atoms with Crippen LogP contribution in [0, 0.1) is 0 Å². The first-order valence-corrected chi connectivity index (χ1v) is 2.89. The number of methoxy groups -OCH3 is 1. The lowest BCUT2D eigenvalue weighted by atomic mass is 10.2. The summed E-state index contributed by atoms with van der Waals surface area (Å²) in [7, 11) is 1.37. The minimum atomic E-state index is -0.210. The Hall–Kier alpha value is -0.610. The van der Waals surface area contributed by atoms with Crippen molar-refractivity contribution in [1.82, 2.24) is 0 Å². The highest BCUT2D eigenvalue weighted by Crippen LogP contribution is 1.84. The van der Waals surface area contributed by atoms with Gasteiger partial charge in [0.1, 0.15) is 19.0 Å². The fourth-order valence-electron chi connectivity index (χ4n) is 0.421. The summed E-state index contributed by atoms with van der Waals surface area (Å²) in [6, 6.07) is 0.0949. The maximum Gasteiger partial charge on any atom is 0.311 e. The number of hydrogen-bond donors (Lipinski definition) is 2. The normalized spacial score (nSPS) is 12.8.